The molecule has 0 bridgehead atoms. The summed E-state index contributed by atoms with van der Waals surface area (Å²) in [5, 5.41) is 13.8. The number of carbonyl (C=O) groups excluding carboxylic acids is 1. The predicted molar refractivity (Wildman–Crippen MR) is 95.9 cm³/mol. The second kappa shape index (κ2) is 7.40. The van der Waals surface area contributed by atoms with Gasteiger partial charge in [-0.1, -0.05) is 30.3 Å². The highest BCUT2D eigenvalue weighted by Gasteiger charge is 2.18. The summed E-state index contributed by atoms with van der Waals surface area (Å²) in [5.41, 5.74) is 2.26. The van der Waals surface area contributed by atoms with Crippen molar-refractivity contribution in [2.75, 3.05) is 13.7 Å². The van der Waals surface area contributed by atoms with Crippen molar-refractivity contribution in [1.82, 2.24) is 5.32 Å². The number of hydrogen-bond acceptors (Lipinski definition) is 4. The molecule has 1 atom stereocenters. The van der Waals surface area contributed by atoms with Crippen LogP contribution in [0.3, 0.4) is 0 Å². The van der Waals surface area contributed by atoms with Gasteiger partial charge >= 0.3 is 0 Å². The highest BCUT2D eigenvalue weighted by molar-refractivity contribution is 5.99. The van der Waals surface area contributed by atoms with E-state index in [9.17, 15) is 9.90 Å². The maximum Gasteiger partial charge on any atom is 0.287 e. The average Bonchev–Trinajstić information content (AvgIpc) is 2.98. The third-order valence-corrected chi connectivity index (χ3v) is 4.24. The molecule has 130 valence electrons. The Bertz CT molecular complexity index is 870. The molecule has 0 aliphatic heterocycles. The average molecular weight is 339 g/mol. The molecule has 0 aliphatic rings. The van der Waals surface area contributed by atoms with Crippen molar-refractivity contribution in [1.29, 1.82) is 0 Å². The van der Waals surface area contributed by atoms with Crippen molar-refractivity contribution in [3.63, 3.8) is 0 Å². The van der Waals surface area contributed by atoms with Gasteiger partial charge in [-0.3, -0.25) is 4.79 Å². The molecule has 1 amide bonds. The molecular weight excluding hydrogens is 318 g/mol. The number of rotatable bonds is 6. The SMILES string of the molecule is COc1ccc2oc(C(=O)NCCC(O)c3ccccc3)c(C)c2c1. The van der Waals surface area contributed by atoms with Gasteiger partial charge in [-0.05, 0) is 37.1 Å². The van der Waals surface area contributed by atoms with E-state index in [4.69, 9.17) is 9.15 Å². The Hall–Kier alpha value is -2.79. The van der Waals surface area contributed by atoms with Gasteiger partial charge in [0.15, 0.2) is 5.76 Å². The number of hydrogen-bond donors (Lipinski definition) is 2. The number of aliphatic hydroxyl groups is 1. The standard InChI is InChI=1S/C20H21NO4/c1-13-16-12-15(24-2)8-9-18(16)25-19(13)20(23)21-11-10-17(22)14-6-4-3-5-7-14/h3-9,12,17,22H,10-11H2,1-2H3,(H,21,23). The van der Waals surface area contributed by atoms with E-state index < -0.39 is 6.10 Å². The first-order valence-electron chi connectivity index (χ1n) is 8.18. The Morgan fingerprint density at radius 2 is 2.00 bits per heavy atom. The summed E-state index contributed by atoms with van der Waals surface area (Å²) in [6, 6.07) is 14.8. The first kappa shape index (κ1) is 17.0. The van der Waals surface area contributed by atoms with Gasteiger partial charge in [0, 0.05) is 17.5 Å². The topological polar surface area (TPSA) is 71.7 Å². The zero-order valence-electron chi connectivity index (χ0n) is 14.3. The molecule has 0 saturated heterocycles. The molecule has 3 rings (SSSR count). The van der Waals surface area contributed by atoms with Crippen molar-refractivity contribution < 1.29 is 19.1 Å². The number of nitrogens with one attached hydrogen (secondary N) is 1. The number of fused-ring (bicyclic) bond motifs is 1. The second-order valence-corrected chi connectivity index (χ2v) is 5.89. The van der Waals surface area contributed by atoms with E-state index in [1.807, 2.05) is 43.3 Å². The van der Waals surface area contributed by atoms with Crippen molar-refractivity contribution in [3.8, 4) is 5.75 Å². The van der Waals surface area contributed by atoms with Crippen LogP contribution in [0.5, 0.6) is 5.75 Å². The highest BCUT2D eigenvalue weighted by atomic mass is 16.5. The Labute approximate surface area is 146 Å². The lowest BCUT2D eigenvalue weighted by atomic mass is 10.1. The van der Waals surface area contributed by atoms with Crippen molar-refractivity contribution in [3.05, 3.63) is 65.4 Å². The number of ether oxygens (including phenoxy) is 1. The summed E-state index contributed by atoms with van der Waals surface area (Å²) >= 11 is 0. The maximum atomic E-state index is 12.4. The normalized spacial score (nSPS) is 12.1. The third-order valence-electron chi connectivity index (χ3n) is 4.24. The molecule has 0 saturated carbocycles. The minimum atomic E-state index is -0.609. The van der Waals surface area contributed by atoms with E-state index in [-0.39, 0.29) is 11.7 Å². The quantitative estimate of drug-likeness (QED) is 0.720. The van der Waals surface area contributed by atoms with E-state index in [1.165, 1.54) is 0 Å². The Balaban J connectivity index is 1.65. The lowest BCUT2D eigenvalue weighted by molar-refractivity contribution is 0.0916. The summed E-state index contributed by atoms with van der Waals surface area (Å²) in [4.78, 5) is 12.4. The molecular formula is C20H21NO4. The maximum absolute atomic E-state index is 12.4. The van der Waals surface area contributed by atoms with Gasteiger partial charge in [0.05, 0.1) is 13.2 Å². The second-order valence-electron chi connectivity index (χ2n) is 5.89. The Morgan fingerprint density at radius 1 is 1.24 bits per heavy atom. The van der Waals surface area contributed by atoms with Crippen molar-refractivity contribution >= 4 is 16.9 Å². The lowest BCUT2D eigenvalue weighted by Gasteiger charge is -2.11. The number of furan rings is 1. The molecule has 0 spiro atoms. The minimum absolute atomic E-state index is 0.284. The number of amides is 1. The van der Waals surface area contributed by atoms with Gasteiger partial charge in [0.25, 0.3) is 5.91 Å². The molecule has 0 fully saturated rings. The predicted octanol–water partition coefficient (Wildman–Crippen LogP) is 3.60. The van der Waals surface area contributed by atoms with Gasteiger partial charge in [0.1, 0.15) is 11.3 Å². The Morgan fingerprint density at radius 3 is 2.72 bits per heavy atom. The van der Waals surface area contributed by atoms with Gasteiger partial charge in [-0.25, -0.2) is 0 Å². The van der Waals surface area contributed by atoms with Crippen molar-refractivity contribution in [2.24, 2.45) is 0 Å². The summed E-state index contributed by atoms with van der Waals surface area (Å²) in [5.74, 6) is 0.722. The van der Waals surface area contributed by atoms with Crippen LogP contribution in [0.4, 0.5) is 0 Å². The molecule has 2 aromatic carbocycles. The van der Waals surface area contributed by atoms with Crippen LogP contribution in [0.15, 0.2) is 52.9 Å². The fourth-order valence-corrected chi connectivity index (χ4v) is 2.79. The largest absolute Gasteiger partial charge is 0.497 e. The zero-order chi connectivity index (χ0) is 17.8. The molecule has 5 heteroatoms. The smallest absolute Gasteiger partial charge is 0.287 e. The van der Waals surface area contributed by atoms with Crippen LogP contribution in [0, 0.1) is 6.92 Å². The van der Waals surface area contributed by atoms with Crippen LogP contribution < -0.4 is 10.1 Å². The monoisotopic (exact) mass is 339 g/mol. The van der Waals surface area contributed by atoms with Crippen LogP contribution >= 0.6 is 0 Å². The first-order chi connectivity index (χ1) is 12.1. The minimum Gasteiger partial charge on any atom is -0.497 e. The number of aliphatic hydroxyl groups excluding tert-OH is 1. The van der Waals surface area contributed by atoms with E-state index in [0.717, 1.165) is 16.5 Å². The van der Waals surface area contributed by atoms with Crippen LogP contribution in [0.25, 0.3) is 11.0 Å². The fourth-order valence-electron chi connectivity index (χ4n) is 2.79. The van der Waals surface area contributed by atoms with Gasteiger partial charge in [0.2, 0.25) is 0 Å². The number of methoxy groups -OCH3 is 1. The molecule has 0 radical (unpaired) electrons. The summed E-state index contributed by atoms with van der Waals surface area (Å²) in [7, 11) is 1.60. The molecule has 5 nitrogen and oxygen atoms in total. The van der Waals surface area contributed by atoms with Crippen LogP contribution in [-0.2, 0) is 0 Å². The summed E-state index contributed by atoms with van der Waals surface area (Å²) in [6.45, 7) is 2.20. The fraction of sp³-hybridized carbons (Fsp3) is 0.250. The van der Waals surface area contributed by atoms with Crippen LogP contribution in [0.2, 0.25) is 0 Å². The molecule has 0 aliphatic carbocycles. The molecule has 3 aromatic rings. The molecule has 1 aromatic heterocycles. The van der Waals surface area contributed by atoms with Gasteiger partial charge in [-0.2, -0.15) is 0 Å². The van der Waals surface area contributed by atoms with Gasteiger partial charge in [-0.15, -0.1) is 0 Å². The van der Waals surface area contributed by atoms with Crippen molar-refractivity contribution in [2.45, 2.75) is 19.4 Å². The lowest BCUT2D eigenvalue weighted by Crippen LogP contribution is -2.25. The van der Waals surface area contributed by atoms with Crippen LogP contribution in [0.1, 0.15) is 34.2 Å². The summed E-state index contributed by atoms with van der Waals surface area (Å²) in [6.07, 6.45) is -0.175. The van der Waals surface area contributed by atoms with E-state index >= 15 is 0 Å². The summed E-state index contributed by atoms with van der Waals surface area (Å²) < 4.78 is 10.9. The molecule has 2 N–H and O–H groups in total. The number of benzene rings is 2. The van der Waals surface area contributed by atoms with Crippen LogP contribution in [-0.4, -0.2) is 24.7 Å². The molecule has 1 heterocycles. The zero-order valence-corrected chi connectivity index (χ0v) is 14.3. The molecule has 1 unspecified atom stereocenters. The Kier molecular flexibility index (Phi) is 5.05. The van der Waals surface area contributed by atoms with Gasteiger partial charge < -0.3 is 19.6 Å². The third kappa shape index (κ3) is 3.67. The number of carbonyl (C=O) groups is 1. The first-order valence-corrected chi connectivity index (χ1v) is 8.18. The molecule has 25 heavy (non-hydrogen) atoms. The van der Waals surface area contributed by atoms with E-state index in [2.05, 4.69) is 5.32 Å². The number of aryl methyl sites for hydroxylation is 1. The van der Waals surface area contributed by atoms with E-state index in [1.54, 1.807) is 19.2 Å². The van der Waals surface area contributed by atoms with E-state index in [0.29, 0.717) is 24.3 Å². The highest BCUT2D eigenvalue weighted by Crippen LogP contribution is 2.28.